The van der Waals surface area contributed by atoms with Crippen LogP contribution < -0.4 is 10.2 Å². The summed E-state index contributed by atoms with van der Waals surface area (Å²) in [5, 5.41) is 3.09. The molecule has 1 atom stereocenters. The number of hydrogen-bond acceptors (Lipinski definition) is 4. The van der Waals surface area contributed by atoms with Gasteiger partial charge in [-0.1, -0.05) is 0 Å². The van der Waals surface area contributed by atoms with E-state index in [1.54, 1.807) is 0 Å². The molecule has 5 nitrogen and oxygen atoms in total. The van der Waals surface area contributed by atoms with Crippen molar-refractivity contribution in [2.45, 2.75) is 6.10 Å². The first-order valence-corrected chi connectivity index (χ1v) is 6.94. The average Bonchev–Trinajstić information content (AvgIpc) is 2.47. The molecule has 20 heavy (non-hydrogen) atoms. The van der Waals surface area contributed by atoms with Crippen LogP contribution >= 0.6 is 0 Å². The Balaban J connectivity index is 2.02. The predicted molar refractivity (Wildman–Crippen MR) is 80.3 cm³/mol. The summed E-state index contributed by atoms with van der Waals surface area (Å²) < 4.78 is 5.62. The fourth-order valence-electron chi connectivity index (χ4n) is 2.34. The van der Waals surface area contributed by atoms with Gasteiger partial charge >= 0.3 is 0 Å². The van der Waals surface area contributed by atoms with Crippen molar-refractivity contribution in [3.8, 4) is 0 Å². The molecule has 1 fully saturated rings. The summed E-state index contributed by atoms with van der Waals surface area (Å²) in [5.74, 6) is 0.0831. The second kappa shape index (κ2) is 6.72. The monoisotopic (exact) mass is 277 g/mol. The summed E-state index contributed by atoms with van der Waals surface area (Å²) in [6.45, 7) is 2.68. The summed E-state index contributed by atoms with van der Waals surface area (Å²) in [7, 11) is 5.87. The molecule has 0 bridgehead atoms. The highest BCUT2D eigenvalue weighted by molar-refractivity contribution is 5.94. The van der Waals surface area contributed by atoms with E-state index in [9.17, 15) is 4.79 Å². The fraction of sp³-hybridized carbons (Fsp3) is 0.533. The third-order valence-corrected chi connectivity index (χ3v) is 3.49. The van der Waals surface area contributed by atoms with Crippen LogP contribution in [-0.2, 0) is 4.74 Å². The number of anilines is 1. The zero-order valence-corrected chi connectivity index (χ0v) is 12.4. The standard InChI is InChI=1S/C15H23N3O2/c1-16-10-14-11-18(8-9-20-14)15(19)12-4-6-13(7-5-12)17(2)3/h4-7,14,16H,8-11H2,1-3H3. The summed E-state index contributed by atoms with van der Waals surface area (Å²) in [5.41, 5.74) is 1.83. The van der Waals surface area contributed by atoms with Crippen molar-refractivity contribution in [2.75, 3.05) is 52.3 Å². The first-order chi connectivity index (χ1) is 9.61. The molecule has 1 N–H and O–H groups in total. The van der Waals surface area contributed by atoms with E-state index in [0.717, 1.165) is 17.8 Å². The number of amides is 1. The Morgan fingerprint density at radius 3 is 2.70 bits per heavy atom. The minimum absolute atomic E-state index is 0.0822. The molecule has 0 aromatic heterocycles. The van der Waals surface area contributed by atoms with Crippen molar-refractivity contribution in [1.29, 1.82) is 0 Å². The second-order valence-corrected chi connectivity index (χ2v) is 5.24. The van der Waals surface area contributed by atoms with Gasteiger partial charge in [0, 0.05) is 45.0 Å². The lowest BCUT2D eigenvalue weighted by atomic mass is 10.1. The molecule has 0 spiro atoms. The lowest BCUT2D eigenvalue weighted by Crippen LogP contribution is -2.48. The maximum atomic E-state index is 12.5. The van der Waals surface area contributed by atoms with Crippen molar-refractivity contribution >= 4 is 11.6 Å². The number of likely N-dealkylation sites (N-methyl/N-ethyl adjacent to an activating group) is 1. The number of morpholine rings is 1. The van der Waals surface area contributed by atoms with Crippen LogP contribution in [0.1, 0.15) is 10.4 Å². The SMILES string of the molecule is CNCC1CN(C(=O)c2ccc(N(C)C)cc2)CCO1. The minimum Gasteiger partial charge on any atom is -0.378 e. The van der Waals surface area contributed by atoms with E-state index >= 15 is 0 Å². The fourth-order valence-corrected chi connectivity index (χ4v) is 2.34. The van der Waals surface area contributed by atoms with Gasteiger partial charge in [0.2, 0.25) is 0 Å². The van der Waals surface area contributed by atoms with Crippen molar-refractivity contribution in [2.24, 2.45) is 0 Å². The van der Waals surface area contributed by atoms with E-state index in [1.807, 2.05) is 55.2 Å². The van der Waals surface area contributed by atoms with Gasteiger partial charge in [0.25, 0.3) is 5.91 Å². The maximum absolute atomic E-state index is 12.5. The number of ether oxygens (including phenoxy) is 1. The highest BCUT2D eigenvalue weighted by Gasteiger charge is 2.24. The molecule has 1 aromatic carbocycles. The molecule has 1 aromatic rings. The number of benzene rings is 1. The van der Waals surface area contributed by atoms with Crippen LogP contribution in [0.2, 0.25) is 0 Å². The Labute approximate surface area is 120 Å². The Hall–Kier alpha value is -1.59. The van der Waals surface area contributed by atoms with Gasteiger partial charge in [-0.2, -0.15) is 0 Å². The normalized spacial score (nSPS) is 18.9. The number of nitrogens with zero attached hydrogens (tertiary/aromatic N) is 2. The van der Waals surface area contributed by atoms with Crippen LogP contribution in [0.4, 0.5) is 5.69 Å². The number of carbonyl (C=O) groups is 1. The van der Waals surface area contributed by atoms with Gasteiger partial charge in [0.05, 0.1) is 12.7 Å². The molecule has 1 aliphatic heterocycles. The van der Waals surface area contributed by atoms with Crippen LogP contribution in [0.3, 0.4) is 0 Å². The van der Waals surface area contributed by atoms with E-state index in [2.05, 4.69) is 5.32 Å². The molecule has 0 aliphatic carbocycles. The number of hydrogen-bond donors (Lipinski definition) is 1. The molecule has 0 radical (unpaired) electrons. The van der Waals surface area contributed by atoms with Crippen LogP contribution in [0.15, 0.2) is 24.3 Å². The van der Waals surface area contributed by atoms with Crippen molar-refractivity contribution < 1.29 is 9.53 Å². The zero-order chi connectivity index (χ0) is 14.5. The molecule has 5 heteroatoms. The van der Waals surface area contributed by atoms with Gasteiger partial charge in [-0.15, -0.1) is 0 Å². The molecule has 2 rings (SSSR count). The van der Waals surface area contributed by atoms with E-state index < -0.39 is 0 Å². The molecule has 0 saturated carbocycles. The average molecular weight is 277 g/mol. The Morgan fingerprint density at radius 1 is 1.40 bits per heavy atom. The second-order valence-electron chi connectivity index (χ2n) is 5.24. The van der Waals surface area contributed by atoms with Crippen LogP contribution in [0.25, 0.3) is 0 Å². The smallest absolute Gasteiger partial charge is 0.254 e. The van der Waals surface area contributed by atoms with Gasteiger partial charge in [-0.3, -0.25) is 4.79 Å². The van der Waals surface area contributed by atoms with Gasteiger partial charge in [0.1, 0.15) is 0 Å². The molecule has 1 unspecified atom stereocenters. The largest absolute Gasteiger partial charge is 0.378 e. The number of carbonyl (C=O) groups excluding carboxylic acids is 1. The number of rotatable bonds is 4. The van der Waals surface area contributed by atoms with Crippen molar-refractivity contribution in [1.82, 2.24) is 10.2 Å². The van der Waals surface area contributed by atoms with Gasteiger partial charge in [0.15, 0.2) is 0 Å². The lowest BCUT2D eigenvalue weighted by Gasteiger charge is -2.33. The molecule has 1 saturated heterocycles. The van der Waals surface area contributed by atoms with Crippen LogP contribution in [0, 0.1) is 0 Å². The summed E-state index contributed by atoms with van der Waals surface area (Å²) >= 11 is 0. The predicted octanol–water partition coefficient (Wildman–Crippen LogP) is 0.813. The third-order valence-electron chi connectivity index (χ3n) is 3.49. The number of nitrogens with one attached hydrogen (secondary N) is 1. The summed E-state index contributed by atoms with van der Waals surface area (Å²) in [6.07, 6.45) is 0.0822. The maximum Gasteiger partial charge on any atom is 0.254 e. The van der Waals surface area contributed by atoms with Crippen molar-refractivity contribution in [3.63, 3.8) is 0 Å². The Morgan fingerprint density at radius 2 is 2.10 bits per heavy atom. The first-order valence-electron chi connectivity index (χ1n) is 6.94. The molecule has 110 valence electrons. The topological polar surface area (TPSA) is 44.8 Å². The molecule has 1 heterocycles. The van der Waals surface area contributed by atoms with Gasteiger partial charge < -0.3 is 19.9 Å². The summed E-state index contributed by atoms with van der Waals surface area (Å²) in [4.78, 5) is 16.4. The minimum atomic E-state index is 0.0822. The summed E-state index contributed by atoms with van der Waals surface area (Å²) in [6, 6.07) is 7.72. The van der Waals surface area contributed by atoms with Crippen molar-refractivity contribution in [3.05, 3.63) is 29.8 Å². The van der Waals surface area contributed by atoms with E-state index in [1.165, 1.54) is 0 Å². The van der Waals surface area contributed by atoms with Gasteiger partial charge in [-0.25, -0.2) is 0 Å². The highest BCUT2D eigenvalue weighted by atomic mass is 16.5. The lowest BCUT2D eigenvalue weighted by molar-refractivity contribution is -0.0196. The molecule has 1 aliphatic rings. The van der Waals surface area contributed by atoms with E-state index in [-0.39, 0.29) is 12.0 Å². The van der Waals surface area contributed by atoms with Crippen LogP contribution in [0.5, 0.6) is 0 Å². The highest BCUT2D eigenvalue weighted by Crippen LogP contribution is 2.15. The quantitative estimate of drug-likeness (QED) is 0.885. The van der Waals surface area contributed by atoms with E-state index in [0.29, 0.717) is 19.7 Å². The van der Waals surface area contributed by atoms with Crippen LogP contribution in [-0.4, -0.2) is 64.3 Å². The third kappa shape index (κ3) is 3.49. The zero-order valence-electron chi connectivity index (χ0n) is 12.4. The van der Waals surface area contributed by atoms with E-state index in [4.69, 9.17) is 4.74 Å². The Kier molecular flexibility index (Phi) is 4.98. The molecular weight excluding hydrogens is 254 g/mol. The van der Waals surface area contributed by atoms with Gasteiger partial charge in [-0.05, 0) is 31.3 Å². The Bertz CT molecular complexity index is 443. The molecular formula is C15H23N3O2. The first kappa shape index (κ1) is 14.8. The molecule has 1 amide bonds.